The van der Waals surface area contributed by atoms with Gasteiger partial charge in [-0.05, 0) is 86.9 Å². The van der Waals surface area contributed by atoms with Crippen molar-refractivity contribution < 1.29 is 33.4 Å². The number of nitrogens with zero attached hydrogens (tertiary/aromatic N) is 3. The largest absolute Gasteiger partial charge is 0.469 e. The van der Waals surface area contributed by atoms with Gasteiger partial charge in [-0.15, -0.1) is 5.10 Å². The van der Waals surface area contributed by atoms with E-state index in [9.17, 15) is 14.4 Å². The Morgan fingerprint density at radius 3 is 2.47 bits per heavy atom. The van der Waals surface area contributed by atoms with Crippen LogP contribution in [0.4, 0.5) is 0 Å². The molecule has 1 aromatic heterocycles. The molecule has 11 atom stereocenters. The lowest BCUT2D eigenvalue weighted by Crippen LogP contribution is -2.65. The average Bonchev–Trinajstić information content (AvgIpc) is 3.63. The molecule has 10 nitrogen and oxygen atoms in total. The van der Waals surface area contributed by atoms with Gasteiger partial charge in [0.2, 0.25) is 0 Å². The van der Waals surface area contributed by atoms with Crippen LogP contribution in [-0.4, -0.2) is 58.0 Å². The summed E-state index contributed by atoms with van der Waals surface area (Å²) >= 11 is 0. The van der Waals surface area contributed by atoms with Crippen molar-refractivity contribution in [1.29, 1.82) is 0 Å². The minimum atomic E-state index is -0.675. The molecule has 1 aromatic rings. The summed E-state index contributed by atoms with van der Waals surface area (Å²) in [5, 5.41) is 9.27. The smallest absolute Gasteiger partial charge is 0.305 e. The summed E-state index contributed by atoms with van der Waals surface area (Å²) in [7, 11) is 1.41. The molecule has 4 aliphatic carbocycles. The van der Waals surface area contributed by atoms with E-state index in [2.05, 4.69) is 38.0 Å². The van der Waals surface area contributed by atoms with Crippen LogP contribution in [0.2, 0.25) is 0 Å². The highest BCUT2D eigenvalue weighted by atomic mass is 16.5. The zero-order chi connectivity index (χ0) is 34.1. The van der Waals surface area contributed by atoms with Gasteiger partial charge in [-0.3, -0.25) is 19.2 Å². The van der Waals surface area contributed by atoms with Crippen molar-refractivity contribution in [3.8, 4) is 0 Å². The van der Waals surface area contributed by atoms with Gasteiger partial charge < -0.3 is 14.2 Å². The number of rotatable bonds is 12. The van der Waals surface area contributed by atoms with Crippen LogP contribution >= 0.6 is 0 Å². The maximum Gasteiger partial charge on any atom is 0.305 e. The molecule has 4 saturated carbocycles. The fourth-order valence-corrected chi connectivity index (χ4v) is 10.8. The number of methoxy groups -OCH3 is 1. The zero-order valence-electron chi connectivity index (χ0n) is 29.7. The summed E-state index contributed by atoms with van der Waals surface area (Å²) in [5.41, 5.74) is -0.0215. The molecule has 47 heavy (non-hydrogen) atoms. The van der Waals surface area contributed by atoms with Crippen LogP contribution in [0.25, 0.3) is 0 Å². The first-order valence-corrected chi connectivity index (χ1v) is 18.2. The first-order chi connectivity index (χ1) is 22.3. The Kier molecular flexibility index (Phi) is 10.9. The number of esters is 3. The highest BCUT2D eigenvalue weighted by molar-refractivity contribution is 5.90. The van der Waals surface area contributed by atoms with Crippen LogP contribution < -0.4 is 0 Å². The lowest BCUT2D eigenvalue weighted by Gasteiger charge is -2.64. The summed E-state index contributed by atoms with van der Waals surface area (Å²) in [6, 6.07) is -0.553. The molecule has 0 spiro atoms. The van der Waals surface area contributed by atoms with E-state index in [0.717, 1.165) is 57.1 Å². The second-order valence-corrected chi connectivity index (χ2v) is 15.7. The van der Waals surface area contributed by atoms with Crippen molar-refractivity contribution >= 4 is 23.7 Å². The number of ketones is 1. The van der Waals surface area contributed by atoms with Gasteiger partial charge in [0, 0.05) is 43.7 Å². The van der Waals surface area contributed by atoms with Crippen molar-refractivity contribution in [3.05, 3.63) is 11.9 Å². The third kappa shape index (κ3) is 6.76. The number of fused-ring (bicyclic) bond motifs is 5. The average molecular weight is 656 g/mol. The Morgan fingerprint density at radius 2 is 1.79 bits per heavy atom. The van der Waals surface area contributed by atoms with Crippen molar-refractivity contribution in [2.45, 2.75) is 143 Å². The van der Waals surface area contributed by atoms with E-state index >= 15 is 4.79 Å². The van der Waals surface area contributed by atoms with E-state index in [1.165, 1.54) is 27.4 Å². The van der Waals surface area contributed by atoms with Crippen molar-refractivity contribution in [3.63, 3.8) is 0 Å². The van der Waals surface area contributed by atoms with Crippen LogP contribution in [0.15, 0.2) is 6.20 Å². The molecule has 0 aliphatic heterocycles. The highest BCUT2D eigenvalue weighted by Gasteiger charge is 2.70. The van der Waals surface area contributed by atoms with Crippen LogP contribution in [-0.2, 0) is 39.8 Å². The molecule has 0 aromatic carbocycles. The summed E-state index contributed by atoms with van der Waals surface area (Å²) in [6.07, 6.45) is 12.4. The van der Waals surface area contributed by atoms with E-state index in [0.29, 0.717) is 25.7 Å². The minimum Gasteiger partial charge on any atom is -0.469 e. The molecule has 0 unspecified atom stereocenters. The predicted octanol–water partition coefficient (Wildman–Crippen LogP) is 6.45. The molecule has 262 valence electrons. The number of hydrogen-bond donors (Lipinski definition) is 0. The topological polar surface area (TPSA) is 127 Å². The van der Waals surface area contributed by atoms with Gasteiger partial charge in [-0.25, -0.2) is 4.68 Å². The van der Waals surface area contributed by atoms with Crippen LogP contribution in [0.1, 0.15) is 130 Å². The number of Topliss-reactive ketones (excluding diaryl/α,β-unsaturated/α-hetero) is 1. The Labute approximate surface area is 280 Å². The maximum absolute atomic E-state index is 15.4. The second kappa shape index (κ2) is 14.4. The molecule has 10 heteroatoms. The van der Waals surface area contributed by atoms with Gasteiger partial charge >= 0.3 is 17.9 Å². The van der Waals surface area contributed by atoms with E-state index in [1.807, 2.05) is 10.9 Å². The summed E-state index contributed by atoms with van der Waals surface area (Å²) in [5.74, 6) is -0.420. The molecular weight excluding hydrogens is 598 g/mol. The van der Waals surface area contributed by atoms with Gasteiger partial charge in [0.15, 0.2) is 5.78 Å². The summed E-state index contributed by atoms with van der Waals surface area (Å²) in [6.45, 7) is 11.8. The van der Waals surface area contributed by atoms with Crippen molar-refractivity contribution in [2.24, 2.45) is 46.3 Å². The Hall–Kier alpha value is -2.78. The highest BCUT2D eigenvalue weighted by Crippen LogP contribution is 2.70. The molecule has 5 rings (SSSR count). The molecule has 0 amide bonds. The molecule has 1 heterocycles. The van der Waals surface area contributed by atoms with Crippen LogP contribution in [0, 0.1) is 46.3 Å². The number of aromatic nitrogens is 3. The molecule has 0 radical (unpaired) electrons. The van der Waals surface area contributed by atoms with E-state index in [1.54, 1.807) is 0 Å². The normalized spacial score (nSPS) is 36.9. The first kappa shape index (κ1) is 35.5. The molecule has 4 fully saturated rings. The fourth-order valence-electron chi connectivity index (χ4n) is 10.8. The summed E-state index contributed by atoms with van der Waals surface area (Å²) < 4.78 is 18.8. The Bertz CT molecular complexity index is 1310. The lowest BCUT2D eigenvalue weighted by molar-refractivity contribution is -0.207. The standard InChI is InChI=1S/C37H57N3O7/c1-8-9-10-11-12-26-21-40(39-38-26)34-33-32(29-15-14-28(37(29,6)35(34)44)22(2)13-16-31(43)45-7)30(47-24(4)42)20-25-19-27(46-23(3)41)17-18-36(25,33)5/h21-22,25,27-30,32-34H,8-20H2,1-7H3/t22-,25+,27-,28-,29+,30-,32-,33-,34+,36+,37-/m1/s1. The lowest BCUT2D eigenvalue weighted by atomic mass is 9.42. The molecule has 0 saturated heterocycles. The van der Waals surface area contributed by atoms with Gasteiger partial charge in [-0.1, -0.05) is 52.2 Å². The monoisotopic (exact) mass is 655 g/mol. The van der Waals surface area contributed by atoms with Crippen molar-refractivity contribution in [2.75, 3.05) is 7.11 Å². The molecule has 4 aliphatic rings. The zero-order valence-corrected chi connectivity index (χ0v) is 29.7. The van der Waals surface area contributed by atoms with Crippen LogP contribution in [0.3, 0.4) is 0 Å². The summed E-state index contributed by atoms with van der Waals surface area (Å²) in [4.78, 5) is 52.2. The van der Waals surface area contributed by atoms with Gasteiger partial charge in [-0.2, -0.15) is 0 Å². The second-order valence-electron chi connectivity index (χ2n) is 15.7. The third-order valence-electron chi connectivity index (χ3n) is 13.0. The molecule has 0 N–H and O–H groups in total. The quantitative estimate of drug-likeness (QED) is 0.142. The van der Waals surface area contributed by atoms with Gasteiger partial charge in [0.1, 0.15) is 18.2 Å². The van der Waals surface area contributed by atoms with E-state index in [4.69, 9.17) is 14.2 Å². The van der Waals surface area contributed by atoms with Gasteiger partial charge in [0.25, 0.3) is 0 Å². The predicted molar refractivity (Wildman–Crippen MR) is 175 cm³/mol. The van der Waals surface area contributed by atoms with Crippen molar-refractivity contribution in [1.82, 2.24) is 15.0 Å². The molecular formula is C37H57N3O7. The Morgan fingerprint density at radius 1 is 1.04 bits per heavy atom. The number of aryl methyl sites for hydroxylation is 1. The fraction of sp³-hybridized carbons (Fsp3) is 0.838. The number of hydrogen-bond acceptors (Lipinski definition) is 9. The third-order valence-corrected chi connectivity index (χ3v) is 13.0. The number of ether oxygens (including phenoxy) is 3. The number of carbonyl (C=O) groups is 4. The first-order valence-electron chi connectivity index (χ1n) is 18.2. The minimum absolute atomic E-state index is 0.0341. The number of carbonyl (C=O) groups excluding carboxylic acids is 4. The number of unbranched alkanes of at least 4 members (excludes halogenated alkanes) is 3. The van der Waals surface area contributed by atoms with Gasteiger partial charge in [0.05, 0.1) is 12.8 Å². The molecule has 0 bridgehead atoms. The maximum atomic E-state index is 15.4. The van der Waals surface area contributed by atoms with Crippen LogP contribution in [0.5, 0.6) is 0 Å². The van der Waals surface area contributed by atoms with E-state index in [-0.39, 0.29) is 76.8 Å². The SMILES string of the molecule is CCCCCCc1cn([C@@H]2C(=O)[C@]3(C)[C@@H]([C@H](C)CCC(=O)OC)CC[C@H]3[C@H]3[C@H]2[C@@]2(C)CC[C@@H](OC(C)=O)C[C@H]2C[C@H]3OC(C)=O)nn1. The Balaban J connectivity index is 1.58. The van der Waals surface area contributed by atoms with E-state index < -0.39 is 11.5 Å².